The van der Waals surface area contributed by atoms with Gasteiger partial charge in [0.1, 0.15) is 0 Å². The topological polar surface area (TPSA) is 46.6 Å². The van der Waals surface area contributed by atoms with Crippen molar-refractivity contribution >= 4 is 47.1 Å². The molecule has 29 heavy (non-hydrogen) atoms. The van der Waals surface area contributed by atoms with Crippen LogP contribution in [0.2, 0.25) is 10.0 Å². The van der Waals surface area contributed by atoms with E-state index in [2.05, 4.69) is 0 Å². The Bertz CT molecular complexity index is 880. The summed E-state index contributed by atoms with van der Waals surface area (Å²) in [5, 5.41) is 1.27. The lowest BCUT2D eigenvalue weighted by atomic mass is 9.94. The Morgan fingerprint density at radius 1 is 0.931 bits per heavy atom. The van der Waals surface area contributed by atoms with Crippen molar-refractivity contribution in [1.29, 1.82) is 0 Å². The van der Waals surface area contributed by atoms with Crippen LogP contribution in [0.15, 0.2) is 59.7 Å². The van der Waals surface area contributed by atoms with Crippen LogP contribution < -0.4 is 0 Å². The predicted molar refractivity (Wildman–Crippen MR) is 117 cm³/mol. The van der Waals surface area contributed by atoms with E-state index in [1.165, 1.54) is 0 Å². The molecule has 150 valence electrons. The van der Waals surface area contributed by atoms with Crippen molar-refractivity contribution < 1.29 is 14.3 Å². The number of esters is 1. The van der Waals surface area contributed by atoms with Gasteiger partial charge >= 0.3 is 5.97 Å². The maximum atomic E-state index is 13.1. The normalized spacial score (nSPS) is 17.7. The summed E-state index contributed by atoms with van der Waals surface area (Å²) in [5.74, 6) is -0.339. The third kappa shape index (κ3) is 6.04. The van der Waals surface area contributed by atoms with Gasteiger partial charge in [-0.15, -0.1) is 0 Å². The van der Waals surface area contributed by atoms with Gasteiger partial charge in [-0.2, -0.15) is 0 Å². The molecule has 0 spiro atoms. The van der Waals surface area contributed by atoms with Crippen LogP contribution in [-0.4, -0.2) is 42.9 Å². The Balaban J connectivity index is 1.92. The second-order valence-electron chi connectivity index (χ2n) is 6.72. The van der Waals surface area contributed by atoms with E-state index in [1.54, 1.807) is 31.2 Å². The van der Waals surface area contributed by atoms with Crippen LogP contribution in [0.4, 0.5) is 0 Å². The SMILES string of the molecule is CCOC(=O)CN1C/C(=C\c2ccc(Cl)cc2)C(=O)/C(=C/c2ccc(Cl)cc2)C1. The van der Waals surface area contributed by atoms with E-state index in [4.69, 9.17) is 27.9 Å². The highest BCUT2D eigenvalue weighted by molar-refractivity contribution is 6.30. The average molecular weight is 430 g/mol. The molecule has 0 aromatic heterocycles. The number of carbonyl (C=O) groups is 2. The number of halogens is 2. The minimum atomic E-state index is -0.307. The molecular weight excluding hydrogens is 409 g/mol. The zero-order valence-electron chi connectivity index (χ0n) is 16.0. The van der Waals surface area contributed by atoms with Gasteiger partial charge in [0.25, 0.3) is 0 Å². The number of ether oxygens (including phenoxy) is 1. The first-order valence-electron chi connectivity index (χ1n) is 9.29. The number of hydrogen-bond donors (Lipinski definition) is 0. The smallest absolute Gasteiger partial charge is 0.320 e. The predicted octanol–water partition coefficient (Wildman–Crippen LogP) is 4.91. The van der Waals surface area contributed by atoms with Crippen LogP contribution in [-0.2, 0) is 14.3 Å². The van der Waals surface area contributed by atoms with Crippen molar-refractivity contribution in [3.63, 3.8) is 0 Å². The fourth-order valence-electron chi connectivity index (χ4n) is 3.13. The molecule has 0 amide bonds. The number of nitrogens with zero attached hydrogens (tertiary/aromatic N) is 1. The monoisotopic (exact) mass is 429 g/mol. The molecule has 1 fully saturated rings. The fourth-order valence-corrected chi connectivity index (χ4v) is 3.38. The number of rotatable bonds is 5. The molecule has 4 nitrogen and oxygen atoms in total. The van der Waals surface area contributed by atoms with Gasteiger partial charge in [-0.1, -0.05) is 47.5 Å². The van der Waals surface area contributed by atoms with Gasteiger partial charge in [0.05, 0.1) is 13.2 Å². The molecule has 0 atom stereocenters. The number of ketones is 1. The summed E-state index contributed by atoms with van der Waals surface area (Å²) < 4.78 is 5.07. The summed E-state index contributed by atoms with van der Waals surface area (Å²) >= 11 is 11.9. The number of piperidine rings is 1. The highest BCUT2D eigenvalue weighted by atomic mass is 35.5. The number of hydrogen-bond acceptors (Lipinski definition) is 4. The van der Waals surface area contributed by atoms with E-state index in [9.17, 15) is 9.59 Å². The van der Waals surface area contributed by atoms with Crippen molar-refractivity contribution in [2.75, 3.05) is 26.2 Å². The molecule has 2 aromatic rings. The van der Waals surface area contributed by atoms with Crippen LogP contribution in [0.5, 0.6) is 0 Å². The number of Topliss-reactive ketones (excluding diaryl/α,β-unsaturated/α-hetero) is 1. The highest BCUT2D eigenvalue weighted by Gasteiger charge is 2.27. The summed E-state index contributed by atoms with van der Waals surface area (Å²) in [6.07, 6.45) is 3.68. The second kappa shape index (κ2) is 9.88. The van der Waals surface area contributed by atoms with Gasteiger partial charge in [-0.3, -0.25) is 14.5 Å². The molecule has 3 rings (SSSR count). The summed E-state index contributed by atoms with van der Waals surface area (Å²) in [5.41, 5.74) is 2.98. The van der Waals surface area contributed by atoms with Gasteiger partial charge in [0, 0.05) is 34.3 Å². The maximum Gasteiger partial charge on any atom is 0.320 e. The summed E-state index contributed by atoms with van der Waals surface area (Å²) in [6, 6.07) is 14.5. The van der Waals surface area contributed by atoms with Crippen molar-refractivity contribution in [1.82, 2.24) is 4.90 Å². The molecule has 0 N–H and O–H groups in total. The lowest BCUT2D eigenvalue weighted by Crippen LogP contribution is -2.41. The number of likely N-dealkylation sites (tertiary alicyclic amines) is 1. The van der Waals surface area contributed by atoms with Crippen molar-refractivity contribution in [2.45, 2.75) is 6.92 Å². The Hall–Kier alpha value is -2.40. The minimum absolute atomic E-state index is 0.0324. The van der Waals surface area contributed by atoms with Crippen molar-refractivity contribution in [3.05, 3.63) is 80.8 Å². The molecule has 6 heteroatoms. The molecule has 0 aliphatic carbocycles. The molecule has 0 radical (unpaired) electrons. The van der Waals surface area contributed by atoms with Gasteiger partial charge in [-0.25, -0.2) is 0 Å². The van der Waals surface area contributed by atoms with Crippen LogP contribution in [0.3, 0.4) is 0 Å². The van der Waals surface area contributed by atoms with E-state index in [1.807, 2.05) is 41.3 Å². The largest absolute Gasteiger partial charge is 0.465 e. The van der Waals surface area contributed by atoms with Crippen LogP contribution in [0.1, 0.15) is 18.1 Å². The summed E-state index contributed by atoms with van der Waals surface area (Å²) in [7, 11) is 0. The van der Waals surface area contributed by atoms with E-state index in [-0.39, 0.29) is 18.3 Å². The number of carbonyl (C=O) groups excluding carboxylic acids is 2. The summed E-state index contributed by atoms with van der Waals surface area (Å²) in [6.45, 7) is 2.97. The van der Waals surface area contributed by atoms with Gasteiger partial charge in [0.2, 0.25) is 0 Å². The second-order valence-corrected chi connectivity index (χ2v) is 7.59. The maximum absolute atomic E-state index is 13.1. The Morgan fingerprint density at radius 3 is 1.79 bits per heavy atom. The molecular formula is C23H21Cl2NO3. The van der Waals surface area contributed by atoms with Gasteiger partial charge in [-0.05, 0) is 54.5 Å². The quantitative estimate of drug-likeness (QED) is 0.500. The Morgan fingerprint density at radius 2 is 1.38 bits per heavy atom. The average Bonchev–Trinajstić information content (AvgIpc) is 2.69. The molecule has 1 heterocycles. The van der Waals surface area contributed by atoms with Crippen molar-refractivity contribution in [2.24, 2.45) is 0 Å². The Labute approximate surface area is 180 Å². The fraction of sp³-hybridized carbons (Fsp3) is 0.217. The molecule has 0 saturated carbocycles. The van der Waals surface area contributed by atoms with Gasteiger partial charge < -0.3 is 4.74 Å². The molecule has 1 saturated heterocycles. The minimum Gasteiger partial charge on any atom is -0.465 e. The molecule has 1 aliphatic rings. The zero-order chi connectivity index (χ0) is 20.8. The molecule has 1 aliphatic heterocycles. The Kier molecular flexibility index (Phi) is 7.26. The lowest BCUT2D eigenvalue weighted by molar-refractivity contribution is -0.144. The van der Waals surface area contributed by atoms with E-state index in [0.29, 0.717) is 40.9 Å². The molecule has 2 aromatic carbocycles. The van der Waals surface area contributed by atoms with E-state index in [0.717, 1.165) is 11.1 Å². The van der Waals surface area contributed by atoms with E-state index < -0.39 is 0 Å². The van der Waals surface area contributed by atoms with Crippen LogP contribution in [0.25, 0.3) is 12.2 Å². The zero-order valence-corrected chi connectivity index (χ0v) is 17.5. The molecule has 0 bridgehead atoms. The first kappa shape index (κ1) is 21.3. The van der Waals surface area contributed by atoms with E-state index >= 15 is 0 Å². The first-order chi connectivity index (χ1) is 13.9. The standard InChI is InChI=1S/C23H21Cl2NO3/c1-2-29-22(27)15-26-13-18(11-16-3-7-20(24)8-4-16)23(28)19(14-26)12-17-5-9-21(25)10-6-17/h3-12H,2,13-15H2,1H3/b18-11+,19-12+. The third-order valence-electron chi connectivity index (χ3n) is 4.45. The van der Waals surface area contributed by atoms with Crippen LogP contribution >= 0.6 is 23.2 Å². The van der Waals surface area contributed by atoms with Crippen molar-refractivity contribution in [3.8, 4) is 0 Å². The van der Waals surface area contributed by atoms with Gasteiger partial charge in [0.15, 0.2) is 5.78 Å². The molecule has 0 unspecified atom stereocenters. The number of benzene rings is 2. The summed E-state index contributed by atoms with van der Waals surface area (Å²) in [4.78, 5) is 27.0. The lowest BCUT2D eigenvalue weighted by Gasteiger charge is -2.29. The third-order valence-corrected chi connectivity index (χ3v) is 4.95. The highest BCUT2D eigenvalue weighted by Crippen LogP contribution is 2.23. The first-order valence-corrected chi connectivity index (χ1v) is 10.0. The van der Waals surface area contributed by atoms with Crippen LogP contribution in [0, 0.1) is 0 Å².